The monoisotopic (exact) mass is 431 g/mol. The molecule has 0 spiro atoms. The molecule has 0 radical (unpaired) electrons. The van der Waals surface area contributed by atoms with E-state index in [9.17, 15) is 4.79 Å². The third-order valence-electron chi connectivity index (χ3n) is 5.86. The van der Waals surface area contributed by atoms with Gasteiger partial charge in [-0.25, -0.2) is 0 Å². The Morgan fingerprint density at radius 3 is 2.09 bits per heavy atom. The van der Waals surface area contributed by atoms with E-state index in [0.29, 0.717) is 6.54 Å². The first kappa shape index (κ1) is 20.8. The normalized spacial score (nSPS) is 11.0. The molecule has 0 aliphatic rings. The molecule has 0 unspecified atom stereocenters. The van der Waals surface area contributed by atoms with E-state index in [2.05, 4.69) is 43.3 Å². The minimum atomic E-state index is 0.0210. The molecule has 162 valence electrons. The van der Waals surface area contributed by atoms with Gasteiger partial charge >= 0.3 is 0 Å². The lowest BCUT2D eigenvalue weighted by Crippen LogP contribution is -2.22. The first-order chi connectivity index (χ1) is 16.1. The van der Waals surface area contributed by atoms with E-state index in [1.54, 1.807) is 0 Å². The molecule has 1 heterocycles. The van der Waals surface area contributed by atoms with Crippen LogP contribution in [0.5, 0.6) is 11.5 Å². The molecule has 0 fully saturated rings. The summed E-state index contributed by atoms with van der Waals surface area (Å²) in [7, 11) is 0. The second kappa shape index (κ2) is 8.79. The molecule has 0 aliphatic carbocycles. The minimum absolute atomic E-state index is 0.0210. The van der Waals surface area contributed by atoms with Crippen molar-refractivity contribution >= 4 is 10.8 Å². The van der Waals surface area contributed by atoms with Crippen molar-refractivity contribution in [2.24, 2.45) is 0 Å². The van der Waals surface area contributed by atoms with Gasteiger partial charge in [-0.1, -0.05) is 65.7 Å². The molecule has 0 saturated heterocycles. The van der Waals surface area contributed by atoms with E-state index in [0.717, 1.165) is 44.7 Å². The van der Waals surface area contributed by atoms with Crippen molar-refractivity contribution in [3.05, 3.63) is 130 Å². The van der Waals surface area contributed by atoms with E-state index in [1.165, 1.54) is 5.56 Å². The lowest BCUT2D eigenvalue weighted by molar-refractivity contribution is 0.483. The summed E-state index contributed by atoms with van der Waals surface area (Å²) in [5.41, 5.74) is 5.32. The number of rotatable bonds is 5. The van der Waals surface area contributed by atoms with Gasteiger partial charge in [0.25, 0.3) is 5.56 Å². The highest BCUT2D eigenvalue weighted by Crippen LogP contribution is 2.28. The Balaban J connectivity index is 1.59. The smallest absolute Gasteiger partial charge is 0.259 e. The number of benzene rings is 4. The molecule has 0 amide bonds. The Labute approximate surface area is 193 Å². The van der Waals surface area contributed by atoms with Crippen molar-refractivity contribution in [2.45, 2.75) is 20.4 Å². The minimum Gasteiger partial charge on any atom is -0.457 e. The highest BCUT2D eigenvalue weighted by Gasteiger charge is 2.12. The maximum absolute atomic E-state index is 13.6. The number of nitrogens with zero attached hydrogens (tertiary/aromatic N) is 1. The number of hydrogen-bond acceptors (Lipinski definition) is 2. The summed E-state index contributed by atoms with van der Waals surface area (Å²) >= 11 is 0. The fraction of sp³-hybridized carbons (Fsp3) is 0.100. The van der Waals surface area contributed by atoms with Crippen LogP contribution >= 0.6 is 0 Å². The van der Waals surface area contributed by atoms with E-state index in [1.807, 2.05) is 78.2 Å². The molecule has 0 atom stereocenters. The molecule has 0 N–H and O–H groups in total. The van der Waals surface area contributed by atoms with Crippen LogP contribution in [0.2, 0.25) is 0 Å². The van der Waals surface area contributed by atoms with Crippen LogP contribution in [0.3, 0.4) is 0 Å². The van der Waals surface area contributed by atoms with Crippen molar-refractivity contribution in [2.75, 3.05) is 0 Å². The zero-order valence-electron chi connectivity index (χ0n) is 18.8. The Morgan fingerprint density at radius 2 is 1.36 bits per heavy atom. The Hall–Kier alpha value is -4.11. The number of aryl methyl sites for hydroxylation is 2. The van der Waals surface area contributed by atoms with Crippen LogP contribution in [0.15, 0.2) is 108 Å². The summed E-state index contributed by atoms with van der Waals surface area (Å²) in [6.07, 6.45) is 0. The standard InChI is InChI=1S/C30H25NO2/c1-21-8-11-23(12-9-21)20-31-29(19-25-18-22(2)10-17-28(25)30(31)32)24-13-15-27(16-14-24)33-26-6-4-3-5-7-26/h3-19H,20H2,1-2H3. The molecule has 0 saturated carbocycles. The maximum atomic E-state index is 13.6. The molecule has 3 nitrogen and oxygen atoms in total. The number of hydrogen-bond donors (Lipinski definition) is 0. The molecule has 5 rings (SSSR count). The van der Waals surface area contributed by atoms with Crippen LogP contribution in [0, 0.1) is 13.8 Å². The number of ether oxygens (including phenoxy) is 1. The van der Waals surface area contributed by atoms with Gasteiger partial charge in [-0.3, -0.25) is 4.79 Å². The fourth-order valence-electron chi connectivity index (χ4n) is 4.07. The van der Waals surface area contributed by atoms with Crippen molar-refractivity contribution in [3.8, 4) is 22.8 Å². The molecule has 5 aromatic rings. The summed E-state index contributed by atoms with van der Waals surface area (Å²) in [6.45, 7) is 4.63. The maximum Gasteiger partial charge on any atom is 0.259 e. The van der Waals surface area contributed by atoms with Crippen molar-refractivity contribution in [1.29, 1.82) is 0 Å². The summed E-state index contributed by atoms with van der Waals surface area (Å²) in [6, 6.07) is 34.1. The van der Waals surface area contributed by atoms with Crippen LogP contribution in [0.1, 0.15) is 16.7 Å². The van der Waals surface area contributed by atoms with Gasteiger partial charge in [0, 0.05) is 5.39 Å². The predicted octanol–water partition coefficient (Wildman–Crippen LogP) is 7.13. The van der Waals surface area contributed by atoms with E-state index in [4.69, 9.17) is 4.74 Å². The lowest BCUT2D eigenvalue weighted by Gasteiger charge is -2.16. The summed E-state index contributed by atoms with van der Waals surface area (Å²) in [5.74, 6) is 1.55. The third-order valence-corrected chi connectivity index (χ3v) is 5.86. The van der Waals surface area contributed by atoms with Crippen LogP contribution in [-0.4, -0.2) is 4.57 Å². The van der Waals surface area contributed by atoms with E-state index >= 15 is 0 Å². The summed E-state index contributed by atoms with van der Waals surface area (Å²) in [5, 5.41) is 1.69. The first-order valence-electron chi connectivity index (χ1n) is 11.1. The number of fused-ring (bicyclic) bond motifs is 1. The van der Waals surface area contributed by atoms with Gasteiger partial charge in [0.2, 0.25) is 0 Å². The highest BCUT2D eigenvalue weighted by atomic mass is 16.5. The number of aromatic nitrogens is 1. The Bertz CT molecular complexity index is 1470. The molecule has 0 bridgehead atoms. The van der Waals surface area contributed by atoms with Crippen LogP contribution in [0.25, 0.3) is 22.0 Å². The van der Waals surface area contributed by atoms with Crippen LogP contribution in [-0.2, 0) is 6.54 Å². The molecule has 4 aromatic carbocycles. The zero-order chi connectivity index (χ0) is 22.8. The van der Waals surface area contributed by atoms with Gasteiger partial charge in [0.15, 0.2) is 0 Å². The van der Waals surface area contributed by atoms with Crippen molar-refractivity contribution in [3.63, 3.8) is 0 Å². The van der Waals surface area contributed by atoms with Crippen molar-refractivity contribution in [1.82, 2.24) is 4.57 Å². The molecule has 1 aromatic heterocycles. The fourth-order valence-corrected chi connectivity index (χ4v) is 4.07. The second-order valence-corrected chi connectivity index (χ2v) is 8.44. The Kier molecular flexibility index (Phi) is 5.54. The van der Waals surface area contributed by atoms with Gasteiger partial charge in [0.1, 0.15) is 11.5 Å². The number of para-hydroxylation sites is 1. The third kappa shape index (κ3) is 4.44. The molecular formula is C30H25NO2. The highest BCUT2D eigenvalue weighted by molar-refractivity contribution is 5.86. The molecule has 3 heteroatoms. The van der Waals surface area contributed by atoms with E-state index < -0.39 is 0 Å². The van der Waals surface area contributed by atoms with Gasteiger partial charge in [0.05, 0.1) is 12.2 Å². The van der Waals surface area contributed by atoms with Gasteiger partial charge in [-0.05, 0) is 78.9 Å². The summed E-state index contributed by atoms with van der Waals surface area (Å²) < 4.78 is 7.82. The van der Waals surface area contributed by atoms with E-state index in [-0.39, 0.29) is 5.56 Å². The van der Waals surface area contributed by atoms with Gasteiger partial charge in [-0.15, -0.1) is 0 Å². The summed E-state index contributed by atoms with van der Waals surface area (Å²) in [4.78, 5) is 13.6. The zero-order valence-corrected chi connectivity index (χ0v) is 18.8. The molecular weight excluding hydrogens is 406 g/mol. The van der Waals surface area contributed by atoms with Gasteiger partial charge < -0.3 is 9.30 Å². The van der Waals surface area contributed by atoms with Crippen LogP contribution < -0.4 is 10.3 Å². The van der Waals surface area contributed by atoms with Crippen molar-refractivity contribution < 1.29 is 4.74 Å². The predicted molar refractivity (Wildman–Crippen MR) is 135 cm³/mol. The second-order valence-electron chi connectivity index (χ2n) is 8.44. The SMILES string of the molecule is Cc1ccc(Cn2c(-c3ccc(Oc4ccccc4)cc3)cc3cc(C)ccc3c2=O)cc1. The largest absolute Gasteiger partial charge is 0.457 e. The molecule has 0 aliphatic heterocycles. The van der Waals surface area contributed by atoms with Gasteiger partial charge in [-0.2, -0.15) is 0 Å². The first-order valence-corrected chi connectivity index (χ1v) is 11.1. The average Bonchev–Trinajstić information content (AvgIpc) is 2.83. The molecule has 33 heavy (non-hydrogen) atoms. The number of pyridine rings is 1. The average molecular weight is 432 g/mol. The Morgan fingerprint density at radius 1 is 0.697 bits per heavy atom. The van der Waals surface area contributed by atoms with Crippen LogP contribution in [0.4, 0.5) is 0 Å². The topological polar surface area (TPSA) is 31.2 Å². The lowest BCUT2D eigenvalue weighted by atomic mass is 10.0. The quantitative estimate of drug-likeness (QED) is 0.296.